The van der Waals surface area contributed by atoms with Crippen LogP contribution < -0.4 is 14.8 Å². The van der Waals surface area contributed by atoms with Crippen LogP contribution in [0.25, 0.3) is 0 Å². The van der Waals surface area contributed by atoms with E-state index in [-0.39, 0.29) is 11.5 Å². The third-order valence-corrected chi connectivity index (χ3v) is 4.90. The smallest absolute Gasteiger partial charge is 0.330 e. The Morgan fingerprint density at radius 3 is 2.10 bits per heavy atom. The highest BCUT2D eigenvalue weighted by atomic mass is 32.2. The van der Waals surface area contributed by atoms with Crippen LogP contribution in [-0.4, -0.2) is 33.5 Å². The van der Waals surface area contributed by atoms with Gasteiger partial charge in [0, 0.05) is 23.5 Å². The molecule has 2 aromatic rings. The fourth-order valence-corrected chi connectivity index (χ4v) is 3.29. The molecule has 1 amide bonds. The summed E-state index contributed by atoms with van der Waals surface area (Å²) in [6.45, 7) is 4.25. The topological polar surface area (TPSA) is 111 Å². The number of nitrogens with one attached hydrogen (secondary N) is 2. The van der Waals surface area contributed by atoms with E-state index >= 15 is 0 Å². The molecule has 0 spiro atoms. The largest absolute Gasteiger partial charge is 0.494 e. The lowest BCUT2D eigenvalue weighted by atomic mass is 10.3. The van der Waals surface area contributed by atoms with Gasteiger partial charge in [-0.3, -0.25) is 9.52 Å². The summed E-state index contributed by atoms with van der Waals surface area (Å²) < 4.78 is 37.5. The van der Waals surface area contributed by atoms with Crippen molar-refractivity contribution in [3.8, 4) is 5.75 Å². The van der Waals surface area contributed by atoms with E-state index in [1.165, 1.54) is 24.3 Å². The van der Waals surface area contributed by atoms with E-state index in [2.05, 4.69) is 14.8 Å². The summed E-state index contributed by atoms with van der Waals surface area (Å²) in [4.78, 5) is 23.0. The van der Waals surface area contributed by atoms with E-state index in [0.717, 1.165) is 12.2 Å². The number of ether oxygens (including phenoxy) is 2. The zero-order valence-corrected chi connectivity index (χ0v) is 16.9. The van der Waals surface area contributed by atoms with Gasteiger partial charge in [-0.05, 0) is 62.4 Å². The monoisotopic (exact) mass is 418 g/mol. The number of carbonyl (C=O) groups excluding carboxylic acids is 2. The third kappa shape index (κ3) is 6.96. The molecule has 0 fully saturated rings. The molecule has 2 aromatic carbocycles. The number of benzene rings is 2. The van der Waals surface area contributed by atoms with Gasteiger partial charge >= 0.3 is 5.97 Å². The van der Waals surface area contributed by atoms with Crippen molar-refractivity contribution < 1.29 is 27.5 Å². The first-order chi connectivity index (χ1) is 13.8. The van der Waals surface area contributed by atoms with Gasteiger partial charge in [-0.15, -0.1) is 0 Å². The first-order valence-electron chi connectivity index (χ1n) is 8.85. The second-order valence-corrected chi connectivity index (χ2v) is 7.34. The number of amides is 1. The first kappa shape index (κ1) is 22.0. The second-order valence-electron chi connectivity index (χ2n) is 5.66. The summed E-state index contributed by atoms with van der Waals surface area (Å²) in [6, 6.07) is 12.2. The molecule has 29 heavy (non-hydrogen) atoms. The molecule has 0 atom stereocenters. The molecule has 2 rings (SSSR count). The molecule has 0 saturated heterocycles. The van der Waals surface area contributed by atoms with Crippen LogP contribution in [0.1, 0.15) is 13.8 Å². The van der Waals surface area contributed by atoms with E-state index < -0.39 is 21.9 Å². The Morgan fingerprint density at radius 2 is 1.52 bits per heavy atom. The number of esters is 1. The normalized spacial score (nSPS) is 11.1. The van der Waals surface area contributed by atoms with Gasteiger partial charge < -0.3 is 14.8 Å². The summed E-state index contributed by atoms with van der Waals surface area (Å²) >= 11 is 0. The Hall–Kier alpha value is -3.33. The van der Waals surface area contributed by atoms with Crippen LogP contribution in [0.4, 0.5) is 11.4 Å². The van der Waals surface area contributed by atoms with Crippen molar-refractivity contribution >= 4 is 33.3 Å². The van der Waals surface area contributed by atoms with Crippen LogP contribution in [0.2, 0.25) is 0 Å². The Kier molecular flexibility index (Phi) is 7.79. The van der Waals surface area contributed by atoms with E-state index in [4.69, 9.17) is 4.74 Å². The van der Waals surface area contributed by atoms with Crippen molar-refractivity contribution in [3.05, 3.63) is 60.7 Å². The highest BCUT2D eigenvalue weighted by Crippen LogP contribution is 2.20. The maximum absolute atomic E-state index is 12.5. The van der Waals surface area contributed by atoms with E-state index in [1.54, 1.807) is 31.2 Å². The van der Waals surface area contributed by atoms with Crippen LogP contribution in [0.15, 0.2) is 65.6 Å². The molecular formula is C20H22N2O6S. The van der Waals surface area contributed by atoms with Crippen molar-refractivity contribution in [2.75, 3.05) is 23.3 Å². The van der Waals surface area contributed by atoms with Gasteiger partial charge in [0.15, 0.2) is 0 Å². The van der Waals surface area contributed by atoms with Crippen LogP contribution in [0.5, 0.6) is 5.75 Å². The average molecular weight is 418 g/mol. The molecule has 0 heterocycles. The summed E-state index contributed by atoms with van der Waals surface area (Å²) in [5.41, 5.74) is 0.776. The quantitative estimate of drug-likeness (QED) is 0.478. The number of sulfonamides is 1. The number of carbonyl (C=O) groups is 2. The lowest BCUT2D eigenvalue weighted by Gasteiger charge is -2.10. The number of rotatable bonds is 9. The Morgan fingerprint density at radius 1 is 0.897 bits per heavy atom. The fourth-order valence-electron chi connectivity index (χ4n) is 2.24. The average Bonchev–Trinajstić information content (AvgIpc) is 2.69. The minimum absolute atomic E-state index is 0.0337. The summed E-state index contributed by atoms with van der Waals surface area (Å²) in [6.07, 6.45) is 2.05. The molecule has 154 valence electrons. The number of hydrogen-bond donors (Lipinski definition) is 2. The molecule has 0 saturated carbocycles. The van der Waals surface area contributed by atoms with Crippen LogP contribution in [-0.2, 0) is 24.3 Å². The SMILES string of the molecule is CCOC(=O)C=CC(=O)Nc1ccc(S(=O)(=O)Nc2ccc(OCC)cc2)cc1. The lowest BCUT2D eigenvalue weighted by molar-refractivity contribution is -0.137. The first-order valence-corrected chi connectivity index (χ1v) is 10.3. The van der Waals surface area contributed by atoms with Gasteiger partial charge in [-0.2, -0.15) is 0 Å². The summed E-state index contributed by atoms with van der Waals surface area (Å²) in [7, 11) is -3.79. The maximum Gasteiger partial charge on any atom is 0.330 e. The molecule has 9 heteroatoms. The Labute approximate surface area is 169 Å². The predicted octanol–water partition coefficient (Wildman–Crippen LogP) is 2.94. The second kappa shape index (κ2) is 10.3. The van der Waals surface area contributed by atoms with E-state index in [1.807, 2.05) is 6.92 Å². The summed E-state index contributed by atoms with van der Waals surface area (Å²) in [5, 5.41) is 2.52. The molecule has 0 unspecified atom stereocenters. The van der Waals surface area contributed by atoms with Crippen molar-refractivity contribution in [1.82, 2.24) is 0 Å². The van der Waals surface area contributed by atoms with Crippen molar-refractivity contribution in [3.63, 3.8) is 0 Å². The van der Waals surface area contributed by atoms with Crippen molar-refractivity contribution in [2.24, 2.45) is 0 Å². The highest BCUT2D eigenvalue weighted by Gasteiger charge is 2.14. The van der Waals surface area contributed by atoms with E-state index in [9.17, 15) is 18.0 Å². The molecule has 0 aliphatic heterocycles. The molecule has 0 bridgehead atoms. The molecule has 8 nitrogen and oxygen atoms in total. The zero-order valence-electron chi connectivity index (χ0n) is 16.0. The summed E-state index contributed by atoms with van der Waals surface area (Å²) in [5.74, 6) is -0.516. The van der Waals surface area contributed by atoms with Gasteiger partial charge in [-0.25, -0.2) is 13.2 Å². The Bertz CT molecular complexity index is 967. The third-order valence-electron chi connectivity index (χ3n) is 3.51. The number of hydrogen-bond acceptors (Lipinski definition) is 6. The van der Waals surface area contributed by atoms with Gasteiger partial charge in [0.05, 0.1) is 18.1 Å². The van der Waals surface area contributed by atoms with Crippen molar-refractivity contribution in [1.29, 1.82) is 0 Å². The maximum atomic E-state index is 12.5. The van der Waals surface area contributed by atoms with Gasteiger partial charge in [0.25, 0.3) is 10.0 Å². The number of anilines is 2. The van der Waals surface area contributed by atoms with Gasteiger partial charge in [0.1, 0.15) is 5.75 Å². The minimum atomic E-state index is -3.79. The lowest BCUT2D eigenvalue weighted by Crippen LogP contribution is -2.13. The highest BCUT2D eigenvalue weighted by molar-refractivity contribution is 7.92. The molecule has 0 aromatic heterocycles. The van der Waals surface area contributed by atoms with Crippen molar-refractivity contribution in [2.45, 2.75) is 18.7 Å². The molecule has 0 aliphatic rings. The van der Waals surface area contributed by atoms with Gasteiger partial charge in [-0.1, -0.05) is 0 Å². The fraction of sp³-hybridized carbons (Fsp3) is 0.200. The van der Waals surface area contributed by atoms with E-state index in [0.29, 0.717) is 23.7 Å². The molecule has 0 aliphatic carbocycles. The Balaban J connectivity index is 2.00. The van der Waals surface area contributed by atoms with Crippen LogP contribution >= 0.6 is 0 Å². The molecule has 0 radical (unpaired) electrons. The predicted molar refractivity (Wildman–Crippen MR) is 109 cm³/mol. The van der Waals surface area contributed by atoms with Gasteiger partial charge in [0.2, 0.25) is 5.91 Å². The standard InChI is InChI=1S/C20H22N2O6S/c1-3-27-17-9-5-16(6-10-17)22-29(25,26)18-11-7-15(8-12-18)21-19(23)13-14-20(24)28-4-2/h5-14,22H,3-4H2,1-2H3,(H,21,23). The van der Waals surface area contributed by atoms with Crippen LogP contribution in [0, 0.1) is 0 Å². The minimum Gasteiger partial charge on any atom is -0.494 e. The zero-order chi connectivity index (χ0) is 21.3. The molecular weight excluding hydrogens is 396 g/mol. The molecule has 2 N–H and O–H groups in total. The van der Waals surface area contributed by atoms with Crippen LogP contribution in [0.3, 0.4) is 0 Å².